The summed E-state index contributed by atoms with van der Waals surface area (Å²) in [7, 11) is -3.71. The van der Waals surface area contributed by atoms with Crippen molar-refractivity contribution in [2.45, 2.75) is 23.2 Å². The Morgan fingerprint density at radius 1 is 1.04 bits per heavy atom. The largest absolute Gasteiger partial charge is 0.361 e. The maximum absolute atomic E-state index is 13.3. The number of hydrogen-bond acceptors (Lipinski definition) is 2. The van der Waals surface area contributed by atoms with E-state index in [0.29, 0.717) is 5.52 Å². The molecule has 0 aliphatic heterocycles. The Balaban J connectivity index is 1.58. The molecule has 2 N–H and O–H groups in total. The Labute approximate surface area is 143 Å². The number of aromatic nitrogens is 1. The third kappa shape index (κ3) is 2.94. The molecule has 25 heavy (non-hydrogen) atoms. The van der Waals surface area contributed by atoms with E-state index in [4.69, 9.17) is 0 Å². The Bertz CT molecular complexity index is 1040. The fourth-order valence-corrected chi connectivity index (χ4v) is 4.29. The summed E-state index contributed by atoms with van der Waals surface area (Å²) >= 11 is 0. The topological polar surface area (TPSA) is 62.0 Å². The number of H-pyrrole nitrogens is 1. The number of fused-ring (bicyclic) bond motifs is 1. The highest BCUT2D eigenvalue weighted by Crippen LogP contribution is 2.50. The van der Waals surface area contributed by atoms with E-state index in [-0.39, 0.29) is 22.7 Å². The van der Waals surface area contributed by atoms with E-state index in [2.05, 4.69) is 9.71 Å². The number of hydrogen-bond donors (Lipinski definition) is 2. The summed E-state index contributed by atoms with van der Waals surface area (Å²) in [6.45, 7) is 0.247. The minimum atomic E-state index is -3.71. The Kier molecular flexibility index (Phi) is 3.66. The van der Waals surface area contributed by atoms with Crippen molar-refractivity contribution in [1.29, 1.82) is 0 Å². The van der Waals surface area contributed by atoms with Crippen LogP contribution in [0.4, 0.5) is 8.78 Å². The average molecular weight is 362 g/mol. The van der Waals surface area contributed by atoms with Gasteiger partial charge in [0.2, 0.25) is 10.0 Å². The lowest BCUT2D eigenvalue weighted by atomic mass is 9.96. The van der Waals surface area contributed by atoms with Gasteiger partial charge in [-0.2, -0.15) is 0 Å². The van der Waals surface area contributed by atoms with Gasteiger partial charge in [-0.3, -0.25) is 0 Å². The zero-order chi connectivity index (χ0) is 17.7. The molecule has 0 unspecified atom stereocenters. The minimum absolute atomic E-state index is 0.0331. The minimum Gasteiger partial charge on any atom is -0.361 e. The van der Waals surface area contributed by atoms with E-state index in [9.17, 15) is 17.2 Å². The fraction of sp³-hybridized carbons (Fsp3) is 0.222. The maximum atomic E-state index is 13.3. The number of rotatable bonds is 5. The molecular formula is C18H16F2N2O2S. The SMILES string of the molecule is O=S(=O)(NCC1(c2c[nH]c3cc(F)ccc23)CC1)c1ccc(F)cc1. The highest BCUT2D eigenvalue weighted by molar-refractivity contribution is 7.89. The van der Waals surface area contributed by atoms with Crippen LogP contribution in [0.15, 0.2) is 53.6 Å². The highest BCUT2D eigenvalue weighted by atomic mass is 32.2. The predicted molar refractivity (Wildman–Crippen MR) is 90.8 cm³/mol. The third-order valence-electron chi connectivity index (χ3n) is 4.79. The number of nitrogens with one attached hydrogen (secondary N) is 2. The first-order valence-electron chi connectivity index (χ1n) is 7.92. The molecule has 3 aromatic rings. The standard InChI is InChI=1S/C18H16F2N2O2S/c19-12-1-4-14(5-2-12)25(23,24)22-11-18(7-8-18)16-10-21-17-9-13(20)3-6-15(16)17/h1-6,9-10,21-22H,7-8,11H2. The van der Waals surface area contributed by atoms with Crippen molar-refractivity contribution >= 4 is 20.9 Å². The summed E-state index contributed by atoms with van der Waals surface area (Å²) in [6.07, 6.45) is 3.52. The summed E-state index contributed by atoms with van der Waals surface area (Å²) in [5.74, 6) is -0.800. The average Bonchev–Trinajstić information content (AvgIpc) is 3.26. The molecule has 0 amide bonds. The van der Waals surface area contributed by atoms with Crippen LogP contribution in [0.1, 0.15) is 18.4 Å². The molecule has 1 saturated carbocycles. The molecule has 0 radical (unpaired) electrons. The Hall–Kier alpha value is -2.25. The van der Waals surface area contributed by atoms with Crippen molar-refractivity contribution in [3.8, 4) is 0 Å². The van der Waals surface area contributed by atoms with Gasteiger partial charge in [0, 0.05) is 29.1 Å². The molecule has 1 aliphatic rings. The number of halogens is 2. The molecule has 4 rings (SSSR count). The van der Waals surface area contributed by atoms with Crippen molar-refractivity contribution in [3.63, 3.8) is 0 Å². The van der Waals surface area contributed by atoms with Crippen LogP contribution in [0.2, 0.25) is 0 Å². The molecule has 0 saturated heterocycles. The molecule has 0 spiro atoms. The highest BCUT2D eigenvalue weighted by Gasteiger charge is 2.46. The van der Waals surface area contributed by atoms with E-state index in [1.54, 1.807) is 6.07 Å². The van der Waals surface area contributed by atoms with Gasteiger partial charge in [0.05, 0.1) is 4.90 Å². The smallest absolute Gasteiger partial charge is 0.240 e. The summed E-state index contributed by atoms with van der Waals surface area (Å²) in [5, 5.41) is 0.903. The lowest BCUT2D eigenvalue weighted by Crippen LogP contribution is -2.32. The second-order valence-electron chi connectivity index (χ2n) is 6.45. The van der Waals surface area contributed by atoms with E-state index < -0.39 is 15.8 Å². The normalized spacial score (nSPS) is 16.2. The zero-order valence-corrected chi connectivity index (χ0v) is 14.0. The van der Waals surface area contributed by atoms with Gasteiger partial charge < -0.3 is 4.98 Å². The predicted octanol–water partition coefficient (Wildman–Crippen LogP) is 3.46. The first-order chi connectivity index (χ1) is 11.9. The van der Waals surface area contributed by atoms with Crippen LogP contribution in [0, 0.1) is 11.6 Å². The van der Waals surface area contributed by atoms with E-state index in [0.717, 1.165) is 35.9 Å². The summed E-state index contributed by atoms with van der Waals surface area (Å²) in [4.78, 5) is 3.08. The second kappa shape index (κ2) is 5.64. The molecule has 1 aromatic heterocycles. The van der Waals surface area contributed by atoms with Crippen LogP contribution in [-0.4, -0.2) is 19.9 Å². The first kappa shape index (κ1) is 16.2. The van der Waals surface area contributed by atoms with E-state index in [1.807, 2.05) is 6.20 Å². The molecule has 7 heteroatoms. The van der Waals surface area contributed by atoms with Crippen LogP contribution in [0.3, 0.4) is 0 Å². The zero-order valence-electron chi connectivity index (χ0n) is 13.2. The number of sulfonamides is 1. The molecule has 0 atom stereocenters. The molecule has 4 nitrogen and oxygen atoms in total. The number of aromatic amines is 1. The molecule has 0 bridgehead atoms. The maximum Gasteiger partial charge on any atom is 0.240 e. The summed E-state index contributed by atoms with van der Waals surface area (Å²) in [6, 6.07) is 9.27. The van der Waals surface area contributed by atoms with Crippen molar-refractivity contribution in [3.05, 3.63) is 65.9 Å². The lowest BCUT2D eigenvalue weighted by molar-refractivity contribution is 0.567. The molecular weight excluding hydrogens is 346 g/mol. The second-order valence-corrected chi connectivity index (χ2v) is 8.22. The third-order valence-corrected chi connectivity index (χ3v) is 6.21. The summed E-state index contributed by atoms with van der Waals surface area (Å²) < 4.78 is 53.8. The fourth-order valence-electron chi connectivity index (χ4n) is 3.16. The van der Waals surface area contributed by atoms with Crippen LogP contribution in [-0.2, 0) is 15.4 Å². The number of benzene rings is 2. The van der Waals surface area contributed by atoms with Gasteiger partial charge in [-0.25, -0.2) is 21.9 Å². The van der Waals surface area contributed by atoms with Crippen LogP contribution in [0.25, 0.3) is 10.9 Å². The monoisotopic (exact) mass is 362 g/mol. The van der Waals surface area contributed by atoms with Gasteiger partial charge in [0.25, 0.3) is 0 Å². The Morgan fingerprint density at radius 2 is 1.72 bits per heavy atom. The lowest BCUT2D eigenvalue weighted by Gasteiger charge is -2.16. The quantitative estimate of drug-likeness (QED) is 0.730. The molecule has 1 fully saturated rings. The van der Waals surface area contributed by atoms with Crippen LogP contribution in [0.5, 0.6) is 0 Å². The van der Waals surface area contributed by atoms with Crippen molar-refractivity contribution in [2.24, 2.45) is 0 Å². The summed E-state index contributed by atoms with van der Waals surface area (Å²) in [5.41, 5.74) is 1.40. The molecule has 1 heterocycles. The van der Waals surface area contributed by atoms with Crippen molar-refractivity contribution in [1.82, 2.24) is 9.71 Å². The van der Waals surface area contributed by atoms with Gasteiger partial charge in [-0.05, 0) is 60.9 Å². The van der Waals surface area contributed by atoms with Gasteiger partial charge in [0.1, 0.15) is 11.6 Å². The van der Waals surface area contributed by atoms with Gasteiger partial charge >= 0.3 is 0 Å². The van der Waals surface area contributed by atoms with Crippen molar-refractivity contribution in [2.75, 3.05) is 6.54 Å². The van der Waals surface area contributed by atoms with E-state index in [1.165, 1.54) is 24.3 Å². The van der Waals surface area contributed by atoms with Crippen LogP contribution >= 0.6 is 0 Å². The van der Waals surface area contributed by atoms with E-state index >= 15 is 0 Å². The Morgan fingerprint density at radius 3 is 2.40 bits per heavy atom. The first-order valence-corrected chi connectivity index (χ1v) is 9.40. The molecule has 130 valence electrons. The van der Waals surface area contributed by atoms with Gasteiger partial charge in [0.15, 0.2) is 0 Å². The van der Waals surface area contributed by atoms with Crippen LogP contribution < -0.4 is 4.72 Å². The molecule has 2 aromatic carbocycles. The van der Waals surface area contributed by atoms with Gasteiger partial charge in [-0.15, -0.1) is 0 Å². The van der Waals surface area contributed by atoms with Gasteiger partial charge in [-0.1, -0.05) is 0 Å². The van der Waals surface area contributed by atoms with Crippen molar-refractivity contribution < 1.29 is 17.2 Å². The molecule has 1 aliphatic carbocycles.